The lowest BCUT2D eigenvalue weighted by atomic mass is 9.99. The first-order valence-corrected chi connectivity index (χ1v) is 9.84. The normalized spacial score (nSPS) is 14.7. The molecule has 0 fully saturated rings. The number of carbonyl (C=O) groups excluding carboxylic acids is 2. The zero-order valence-corrected chi connectivity index (χ0v) is 16.2. The summed E-state index contributed by atoms with van der Waals surface area (Å²) < 4.78 is 5.37. The molecule has 5 heteroatoms. The Kier molecular flexibility index (Phi) is 5.67. The zero-order chi connectivity index (χ0) is 18.7. The van der Waals surface area contributed by atoms with E-state index in [4.69, 9.17) is 4.42 Å². The number of aryl methyl sites for hydroxylation is 2. The summed E-state index contributed by atoms with van der Waals surface area (Å²) in [5.41, 5.74) is 3.51. The Morgan fingerprint density at radius 2 is 1.92 bits per heavy atom. The molecule has 0 atom stereocenters. The molecule has 136 valence electrons. The molecule has 3 rings (SSSR count). The van der Waals surface area contributed by atoms with Gasteiger partial charge in [0, 0.05) is 6.54 Å². The van der Waals surface area contributed by atoms with Crippen molar-refractivity contribution in [2.75, 3.05) is 6.54 Å². The summed E-state index contributed by atoms with van der Waals surface area (Å²) in [6.07, 6.45) is 3.36. The zero-order valence-electron chi connectivity index (χ0n) is 15.4. The maximum atomic E-state index is 13.0. The van der Waals surface area contributed by atoms with Crippen molar-refractivity contribution < 1.29 is 14.0 Å². The Morgan fingerprint density at radius 1 is 1.12 bits per heavy atom. The van der Waals surface area contributed by atoms with Gasteiger partial charge in [0.25, 0.3) is 11.8 Å². The van der Waals surface area contributed by atoms with Crippen LogP contribution in [-0.4, -0.2) is 23.3 Å². The van der Waals surface area contributed by atoms with Gasteiger partial charge >= 0.3 is 0 Å². The van der Waals surface area contributed by atoms with Crippen LogP contribution in [0.4, 0.5) is 0 Å². The lowest BCUT2D eigenvalue weighted by Crippen LogP contribution is -2.32. The molecule has 0 aliphatic carbocycles. The molecule has 2 amide bonds. The Hall–Kier alpha value is -2.27. The van der Waals surface area contributed by atoms with Gasteiger partial charge in [-0.05, 0) is 43.5 Å². The van der Waals surface area contributed by atoms with E-state index in [9.17, 15) is 9.59 Å². The average Bonchev–Trinajstić information content (AvgIpc) is 3.19. The number of hydrogen-bond donors (Lipinski definition) is 0. The van der Waals surface area contributed by atoms with E-state index in [1.54, 1.807) is 6.26 Å². The van der Waals surface area contributed by atoms with Crippen LogP contribution in [0.1, 0.15) is 42.2 Å². The van der Waals surface area contributed by atoms with Crippen molar-refractivity contribution in [3.63, 3.8) is 0 Å². The van der Waals surface area contributed by atoms with E-state index in [1.807, 2.05) is 44.2 Å². The number of furan rings is 1. The molecule has 0 saturated carbocycles. The van der Waals surface area contributed by atoms with Gasteiger partial charge in [-0.25, -0.2) is 0 Å². The molecule has 0 unspecified atom stereocenters. The molecule has 1 aliphatic heterocycles. The number of carbonyl (C=O) groups is 2. The molecule has 4 nitrogen and oxygen atoms in total. The monoisotopic (exact) mass is 369 g/mol. The molecule has 0 spiro atoms. The summed E-state index contributed by atoms with van der Waals surface area (Å²) in [7, 11) is 0. The standard InChI is InChI=1S/C21H23NO3S/c1-4-5-10-22-20(23)18(17-9-8-14(2)12-15(17)3)19(21(22)24)26-13-16-7-6-11-25-16/h6-9,11-12H,4-5,10,13H2,1-3H3. The molecule has 1 aliphatic rings. The Morgan fingerprint density at radius 3 is 2.58 bits per heavy atom. The van der Waals surface area contributed by atoms with Crippen LogP contribution < -0.4 is 0 Å². The first-order chi connectivity index (χ1) is 12.5. The average molecular weight is 369 g/mol. The number of hydrogen-bond acceptors (Lipinski definition) is 4. The highest BCUT2D eigenvalue weighted by Gasteiger charge is 2.39. The maximum absolute atomic E-state index is 13.0. The molecule has 2 aromatic rings. The highest BCUT2D eigenvalue weighted by atomic mass is 32.2. The first-order valence-electron chi connectivity index (χ1n) is 8.86. The number of thioether (sulfide) groups is 1. The van der Waals surface area contributed by atoms with Gasteiger partial charge in [-0.2, -0.15) is 0 Å². The molecule has 0 bridgehead atoms. The number of rotatable bonds is 7. The highest BCUT2D eigenvalue weighted by molar-refractivity contribution is 8.03. The fraction of sp³-hybridized carbons (Fsp3) is 0.333. The lowest BCUT2D eigenvalue weighted by Gasteiger charge is -2.14. The molecular weight excluding hydrogens is 346 g/mol. The largest absolute Gasteiger partial charge is 0.468 e. The van der Waals surface area contributed by atoms with Crippen molar-refractivity contribution >= 4 is 29.1 Å². The Bertz CT molecular complexity index is 852. The van der Waals surface area contributed by atoms with E-state index < -0.39 is 0 Å². The van der Waals surface area contributed by atoms with Crippen molar-refractivity contribution in [3.8, 4) is 0 Å². The first kappa shape index (κ1) is 18.5. The predicted octanol–water partition coefficient (Wildman–Crippen LogP) is 4.71. The fourth-order valence-electron chi connectivity index (χ4n) is 3.08. The molecule has 1 aromatic carbocycles. The number of amides is 2. The predicted molar refractivity (Wildman–Crippen MR) is 104 cm³/mol. The molecular formula is C21H23NO3S. The van der Waals surface area contributed by atoms with Gasteiger partial charge in [0.15, 0.2) is 0 Å². The van der Waals surface area contributed by atoms with E-state index in [0.717, 1.165) is 35.3 Å². The van der Waals surface area contributed by atoms with Crippen LogP contribution in [-0.2, 0) is 15.3 Å². The summed E-state index contributed by atoms with van der Waals surface area (Å²) in [6, 6.07) is 9.67. The smallest absolute Gasteiger partial charge is 0.267 e. The van der Waals surface area contributed by atoms with Crippen molar-refractivity contribution in [1.29, 1.82) is 0 Å². The summed E-state index contributed by atoms with van der Waals surface area (Å²) >= 11 is 1.38. The van der Waals surface area contributed by atoms with Crippen molar-refractivity contribution in [2.45, 2.75) is 39.4 Å². The number of imide groups is 1. The quantitative estimate of drug-likeness (QED) is 0.663. The summed E-state index contributed by atoms with van der Waals surface area (Å²) in [4.78, 5) is 27.9. The van der Waals surface area contributed by atoms with Crippen molar-refractivity contribution in [2.24, 2.45) is 0 Å². The van der Waals surface area contributed by atoms with E-state index >= 15 is 0 Å². The van der Waals surface area contributed by atoms with Gasteiger partial charge in [-0.1, -0.05) is 37.1 Å². The van der Waals surface area contributed by atoms with E-state index in [2.05, 4.69) is 6.92 Å². The van der Waals surface area contributed by atoms with Crippen LogP contribution in [0.25, 0.3) is 5.57 Å². The van der Waals surface area contributed by atoms with E-state index in [1.165, 1.54) is 16.7 Å². The minimum absolute atomic E-state index is 0.183. The third-order valence-corrected chi connectivity index (χ3v) is 5.55. The number of unbranched alkanes of at least 4 members (excludes halogenated alkanes) is 1. The number of benzene rings is 1. The van der Waals surface area contributed by atoms with Crippen LogP contribution in [0, 0.1) is 13.8 Å². The third kappa shape index (κ3) is 3.63. The summed E-state index contributed by atoms with van der Waals surface area (Å²) in [5, 5.41) is 0. The Balaban J connectivity index is 1.99. The van der Waals surface area contributed by atoms with Gasteiger partial charge in [0.05, 0.1) is 22.5 Å². The van der Waals surface area contributed by atoms with Crippen LogP contribution in [0.3, 0.4) is 0 Å². The van der Waals surface area contributed by atoms with Crippen molar-refractivity contribution in [3.05, 3.63) is 64.0 Å². The third-order valence-electron chi connectivity index (χ3n) is 4.45. The van der Waals surface area contributed by atoms with E-state index in [0.29, 0.717) is 22.8 Å². The summed E-state index contributed by atoms with van der Waals surface area (Å²) in [5.74, 6) is 0.944. The topological polar surface area (TPSA) is 50.5 Å². The van der Waals surface area contributed by atoms with Crippen LogP contribution in [0.2, 0.25) is 0 Å². The van der Waals surface area contributed by atoms with Gasteiger partial charge in [0.2, 0.25) is 0 Å². The van der Waals surface area contributed by atoms with Gasteiger partial charge in [0.1, 0.15) is 5.76 Å². The van der Waals surface area contributed by atoms with Gasteiger partial charge < -0.3 is 4.42 Å². The lowest BCUT2D eigenvalue weighted by molar-refractivity contribution is -0.136. The van der Waals surface area contributed by atoms with Crippen LogP contribution in [0.5, 0.6) is 0 Å². The molecule has 0 saturated heterocycles. The fourth-order valence-corrected chi connectivity index (χ4v) is 4.10. The molecule has 2 heterocycles. The Labute approximate surface area is 158 Å². The molecule has 1 aromatic heterocycles. The second-order valence-corrected chi connectivity index (χ2v) is 7.49. The van der Waals surface area contributed by atoms with Crippen LogP contribution >= 0.6 is 11.8 Å². The summed E-state index contributed by atoms with van der Waals surface area (Å²) in [6.45, 7) is 6.52. The van der Waals surface area contributed by atoms with E-state index in [-0.39, 0.29) is 11.8 Å². The molecule has 0 N–H and O–H groups in total. The molecule has 0 radical (unpaired) electrons. The second kappa shape index (κ2) is 7.96. The van der Waals surface area contributed by atoms with Crippen molar-refractivity contribution in [1.82, 2.24) is 4.90 Å². The minimum atomic E-state index is -0.185. The van der Waals surface area contributed by atoms with Gasteiger partial charge in [-0.15, -0.1) is 11.8 Å². The SMILES string of the molecule is CCCCN1C(=O)C(SCc2ccco2)=C(c2ccc(C)cc2C)C1=O. The minimum Gasteiger partial charge on any atom is -0.468 e. The highest BCUT2D eigenvalue weighted by Crippen LogP contribution is 2.38. The van der Waals surface area contributed by atoms with Gasteiger partial charge in [-0.3, -0.25) is 14.5 Å². The maximum Gasteiger partial charge on any atom is 0.267 e. The van der Waals surface area contributed by atoms with Crippen LogP contribution in [0.15, 0.2) is 45.9 Å². The second-order valence-electron chi connectivity index (χ2n) is 6.51. The number of nitrogens with zero attached hydrogens (tertiary/aromatic N) is 1. The molecule has 26 heavy (non-hydrogen) atoms.